The molecule has 0 aliphatic heterocycles. The van der Waals surface area contributed by atoms with Crippen LogP contribution in [-0.2, 0) is 0 Å². The monoisotopic (exact) mass is 276 g/mol. The molecule has 2 rings (SSSR count). The van der Waals surface area contributed by atoms with E-state index in [2.05, 4.69) is 4.98 Å². The molecule has 2 atom stereocenters. The number of aromatic nitrogens is 1. The number of aliphatic hydroxyl groups is 1. The number of rotatable bonds is 3. The first-order valence-corrected chi connectivity index (χ1v) is 7.37. The van der Waals surface area contributed by atoms with Gasteiger partial charge in [-0.2, -0.15) is 0 Å². The highest BCUT2D eigenvalue weighted by atomic mass is 16.3. The van der Waals surface area contributed by atoms with Gasteiger partial charge in [0, 0.05) is 25.2 Å². The molecule has 4 heteroatoms. The van der Waals surface area contributed by atoms with Crippen LogP contribution < -0.4 is 0 Å². The fourth-order valence-electron chi connectivity index (χ4n) is 2.95. The van der Waals surface area contributed by atoms with Crippen LogP contribution >= 0.6 is 0 Å². The Morgan fingerprint density at radius 2 is 2.05 bits per heavy atom. The third kappa shape index (κ3) is 3.37. The Morgan fingerprint density at radius 3 is 2.70 bits per heavy atom. The summed E-state index contributed by atoms with van der Waals surface area (Å²) >= 11 is 0. The van der Waals surface area contributed by atoms with E-state index in [-0.39, 0.29) is 17.9 Å². The van der Waals surface area contributed by atoms with E-state index < -0.39 is 0 Å². The van der Waals surface area contributed by atoms with Crippen LogP contribution in [0.5, 0.6) is 0 Å². The highest BCUT2D eigenvalue weighted by Gasteiger charge is 2.26. The molecule has 0 saturated heterocycles. The van der Waals surface area contributed by atoms with Crippen molar-refractivity contribution in [3.05, 3.63) is 29.1 Å². The Hall–Kier alpha value is -1.42. The lowest BCUT2D eigenvalue weighted by molar-refractivity contribution is 0.0450. The Bertz CT molecular complexity index is 487. The van der Waals surface area contributed by atoms with E-state index in [4.69, 9.17) is 0 Å². The van der Waals surface area contributed by atoms with Crippen molar-refractivity contribution in [2.75, 3.05) is 13.6 Å². The molecule has 1 fully saturated rings. The second-order valence-electron chi connectivity index (χ2n) is 5.88. The molecule has 1 heterocycles. The van der Waals surface area contributed by atoms with Gasteiger partial charge in [0.2, 0.25) is 0 Å². The molecular weight excluding hydrogens is 252 g/mol. The smallest absolute Gasteiger partial charge is 0.255 e. The molecule has 1 aromatic heterocycles. The third-order valence-electron chi connectivity index (χ3n) is 4.18. The summed E-state index contributed by atoms with van der Waals surface area (Å²) < 4.78 is 0. The topological polar surface area (TPSA) is 53.4 Å². The van der Waals surface area contributed by atoms with Gasteiger partial charge in [-0.3, -0.25) is 9.78 Å². The standard InChI is InChI=1S/C16H24N2O2/c1-11-8-9-14(12(2)17-11)16(20)18(3)10-13-6-4-5-7-15(13)19/h8-9,13,15,19H,4-7,10H2,1-3H3. The first-order valence-electron chi connectivity index (χ1n) is 7.37. The molecule has 20 heavy (non-hydrogen) atoms. The van der Waals surface area contributed by atoms with Crippen LogP contribution in [0, 0.1) is 19.8 Å². The molecule has 1 aliphatic carbocycles. The van der Waals surface area contributed by atoms with Crippen molar-refractivity contribution in [2.24, 2.45) is 5.92 Å². The van der Waals surface area contributed by atoms with E-state index in [0.29, 0.717) is 12.1 Å². The van der Waals surface area contributed by atoms with Crippen molar-refractivity contribution < 1.29 is 9.90 Å². The maximum absolute atomic E-state index is 12.5. The maximum Gasteiger partial charge on any atom is 0.255 e. The van der Waals surface area contributed by atoms with Crippen LogP contribution in [0.3, 0.4) is 0 Å². The van der Waals surface area contributed by atoms with E-state index >= 15 is 0 Å². The molecule has 1 aromatic rings. The first kappa shape index (κ1) is 15.0. The molecule has 110 valence electrons. The number of nitrogens with zero attached hydrogens (tertiary/aromatic N) is 2. The van der Waals surface area contributed by atoms with Gasteiger partial charge in [0.1, 0.15) is 0 Å². The van der Waals surface area contributed by atoms with E-state index in [0.717, 1.165) is 37.1 Å². The van der Waals surface area contributed by atoms with Crippen LogP contribution in [0.25, 0.3) is 0 Å². The average molecular weight is 276 g/mol. The maximum atomic E-state index is 12.5. The summed E-state index contributed by atoms with van der Waals surface area (Å²) in [6.45, 7) is 4.40. The molecule has 0 bridgehead atoms. The molecule has 4 nitrogen and oxygen atoms in total. The molecule has 0 spiro atoms. The van der Waals surface area contributed by atoms with Gasteiger partial charge >= 0.3 is 0 Å². The number of carbonyl (C=O) groups excluding carboxylic acids is 1. The molecule has 0 aromatic carbocycles. The average Bonchev–Trinajstić information content (AvgIpc) is 2.40. The lowest BCUT2D eigenvalue weighted by atomic mass is 9.86. The highest BCUT2D eigenvalue weighted by molar-refractivity contribution is 5.95. The summed E-state index contributed by atoms with van der Waals surface area (Å²) in [5, 5.41) is 10.0. The second kappa shape index (κ2) is 6.35. The Labute approximate surface area is 120 Å². The predicted octanol–water partition coefficient (Wildman–Crippen LogP) is 2.32. The fourth-order valence-corrected chi connectivity index (χ4v) is 2.95. The zero-order chi connectivity index (χ0) is 14.7. The van der Waals surface area contributed by atoms with Crippen LogP contribution in [0.1, 0.15) is 47.4 Å². The van der Waals surface area contributed by atoms with Crippen molar-refractivity contribution in [3.8, 4) is 0 Å². The Balaban J connectivity index is 2.04. The van der Waals surface area contributed by atoms with Crippen molar-refractivity contribution in [1.82, 2.24) is 9.88 Å². The zero-order valence-corrected chi connectivity index (χ0v) is 12.6. The number of aliphatic hydroxyl groups excluding tert-OH is 1. The quantitative estimate of drug-likeness (QED) is 0.921. The summed E-state index contributed by atoms with van der Waals surface area (Å²) in [4.78, 5) is 18.5. The van der Waals surface area contributed by atoms with Gasteiger partial charge in [0.25, 0.3) is 5.91 Å². The number of amides is 1. The van der Waals surface area contributed by atoms with Gasteiger partial charge < -0.3 is 10.0 Å². The minimum atomic E-state index is -0.267. The molecule has 2 unspecified atom stereocenters. The van der Waals surface area contributed by atoms with E-state index in [1.807, 2.05) is 33.0 Å². The van der Waals surface area contributed by atoms with Crippen LogP contribution in [0.4, 0.5) is 0 Å². The van der Waals surface area contributed by atoms with Crippen LogP contribution in [-0.4, -0.2) is 40.6 Å². The second-order valence-corrected chi connectivity index (χ2v) is 5.88. The van der Waals surface area contributed by atoms with Gasteiger partial charge in [-0.05, 0) is 38.8 Å². The zero-order valence-electron chi connectivity index (χ0n) is 12.6. The van der Waals surface area contributed by atoms with Gasteiger partial charge in [0.05, 0.1) is 17.4 Å². The van der Waals surface area contributed by atoms with E-state index in [1.54, 1.807) is 4.90 Å². The van der Waals surface area contributed by atoms with Crippen molar-refractivity contribution in [3.63, 3.8) is 0 Å². The predicted molar refractivity (Wildman–Crippen MR) is 78.6 cm³/mol. The van der Waals surface area contributed by atoms with Crippen LogP contribution in [0.2, 0.25) is 0 Å². The number of hydrogen-bond acceptors (Lipinski definition) is 3. The lowest BCUT2D eigenvalue weighted by Gasteiger charge is -2.31. The minimum Gasteiger partial charge on any atom is -0.393 e. The van der Waals surface area contributed by atoms with Gasteiger partial charge in [-0.15, -0.1) is 0 Å². The summed E-state index contributed by atoms with van der Waals surface area (Å²) in [5.74, 6) is 0.198. The van der Waals surface area contributed by atoms with Crippen LogP contribution in [0.15, 0.2) is 12.1 Å². The summed E-state index contributed by atoms with van der Waals surface area (Å²) in [6.07, 6.45) is 3.84. The van der Waals surface area contributed by atoms with Crippen molar-refractivity contribution in [2.45, 2.75) is 45.6 Å². The number of pyridine rings is 1. The lowest BCUT2D eigenvalue weighted by Crippen LogP contribution is -2.38. The first-order chi connectivity index (χ1) is 9.49. The largest absolute Gasteiger partial charge is 0.393 e. The third-order valence-corrected chi connectivity index (χ3v) is 4.18. The molecule has 1 aliphatic rings. The summed E-state index contributed by atoms with van der Waals surface area (Å²) in [7, 11) is 1.81. The highest BCUT2D eigenvalue weighted by Crippen LogP contribution is 2.25. The Morgan fingerprint density at radius 1 is 1.35 bits per heavy atom. The Kier molecular flexibility index (Phi) is 4.76. The van der Waals surface area contributed by atoms with Gasteiger partial charge in [0.15, 0.2) is 0 Å². The number of aryl methyl sites for hydroxylation is 2. The van der Waals surface area contributed by atoms with Gasteiger partial charge in [-0.1, -0.05) is 12.8 Å². The van der Waals surface area contributed by atoms with Gasteiger partial charge in [-0.25, -0.2) is 0 Å². The molecule has 1 amide bonds. The molecule has 0 radical (unpaired) electrons. The normalized spacial score (nSPS) is 22.6. The molecular formula is C16H24N2O2. The number of hydrogen-bond donors (Lipinski definition) is 1. The molecule has 1 N–H and O–H groups in total. The van der Waals surface area contributed by atoms with E-state index in [1.165, 1.54) is 0 Å². The minimum absolute atomic E-state index is 0.00669. The summed E-state index contributed by atoms with van der Waals surface area (Å²) in [6, 6.07) is 3.71. The van der Waals surface area contributed by atoms with Crippen molar-refractivity contribution >= 4 is 5.91 Å². The van der Waals surface area contributed by atoms with Crippen molar-refractivity contribution in [1.29, 1.82) is 0 Å². The van der Waals surface area contributed by atoms with E-state index in [9.17, 15) is 9.90 Å². The molecule has 1 saturated carbocycles. The number of carbonyl (C=O) groups is 1. The fraction of sp³-hybridized carbons (Fsp3) is 0.625. The summed E-state index contributed by atoms with van der Waals surface area (Å²) in [5.41, 5.74) is 2.35. The SMILES string of the molecule is Cc1ccc(C(=O)N(C)CC2CCCCC2O)c(C)n1.